The number of aliphatic hydroxyl groups excluding tert-OH is 1. The number of fused-ring (bicyclic) bond motifs is 1. The summed E-state index contributed by atoms with van der Waals surface area (Å²) in [6, 6.07) is 5.38. The number of amides is 1. The number of nitrogens with one attached hydrogen (secondary N) is 2. The summed E-state index contributed by atoms with van der Waals surface area (Å²) in [6.45, 7) is 0.159. The molecule has 0 fully saturated rings. The van der Waals surface area contributed by atoms with E-state index in [2.05, 4.69) is 10.6 Å². The maximum Gasteiger partial charge on any atom is 0.306 e. The van der Waals surface area contributed by atoms with E-state index in [4.69, 9.17) is 5.11 Å². The molecule has 1 aromatic carbocycles. The summed E-state index contributed by atoms with van der Waals surface area (Å²) in [4.78, 5) is 21.5. The van der Waals surface area contributed by atoms with E-state index in [1.54, 1.807) is 12.1 Å². The molecular weight excluding hydrogens is 236 g/mol. The highest BCUT2D eigenvalue weighted by molar-refractivity contribution is 5.99. The molecule has 6 nitrogen and oxygen atoms in total. The lowest BCUT2D eigenvalue weighted by Crippen LogP contribution is -2.22. The van der Waals surface area contributed by atoms with Gasteiger partial charge in [0.15, 0.2) is 0 Å². The number of hydrogen-bond donors (Lipinski definition) is 4. The fraction of sp³-hybridized carbons (Fsp3) is 0.333. The second-order valence-electron chi connectivity index (χ2n) is 4.23. The average Bonchev–Trinajstić information content (AvgIpc) is 2.64. The lowest BCUT2D eigenvalue weighted by Gasteiger charge is -2.11. The Hall–Kier alpha value is -2.08. The average molecular weight is 250 g/mol. The number of carboxylic acid groups (broad SMARTS) is 1. The molecule has 0 saturated heterocycles. The Morgan fingerprint density at radius 1 is 1.50 bits per heavy atom. The van der Waals surface area contributed by atoms with Gasteiger partial charge in [0.05, 0.1) is 18.9 Å². The minimum atomic E-state index is -1.03. The van der Waals surface area contributed by atoms with E-state index in [0.717, 1.165) is 16.9 Å². The number of carbonyl (C=O) groups excluding carboxylic acids is 1. The number of carboxylic acids is 1. The highest BCUT2D eigenvalue weighted by Gasteiger charge is 2.17. The van der Waals surface area contributed by atoms with Crippen LogP contribution in [0, 0.1) is 0 Å². The fourth-order valence-corrected chi connectivity index (χ4v) is 1.85. The lowest BCUT2D eigenvalue weighted by molar-refractivity contribution is -0.139. The standard InChI is InChI=1S/C12H14N2O4/c15-9(5-12(17)18)6-13-8-1-2-10-7(3-8)4-11(16)14-10/h1-3,9,13,15H,4-6H2,(H,14,16)(H,17,18). The number of aliphatic hydroxyl groups is 1. The van der Waals surface area contributed by atoms with Crippen LogP contribution in [0.4, 0.5) is 11.4 Å². The molecule has 18 heavy (non-hydrogen) atoms. The van der Waals surface area contributed by atoms with Gasteiger partial charge in [-0.1, -0.05) is 0 Å². The predicted octanol–water partition coefficient (Wildman–Crippen LogP) is 0.429. The van der Waals surface area contributed by atoms with Crippen molar-refractivity contribution in [3.8, 4) is 0 Å². The summed E-state index contributed by atoms with van der Waals surface area (Å²) in [6.07, 6.45) is -0.879. The van der Waals surface area contributed by atoms with Gasteiger partial charge in [0.1, 0.15) is 0 Å². The number of carbonyl (C=O) groups is 2. The molecule has 1 aliphatic rings. The van der Waals surface area contributed by atoms with Gasteiger partial charge < -0.3 is 20.8 Å². The Kier molecular flexibility index (Phi) is 3.47. The maximum absolute atomic E-state index is 11.2. The van der Waals surface area contributed by atoms with Crippen molar-refractivity contribution in [2.24, 2.45) is 0 Å². The van der Waals surface area contributed by atoms with Gasteiger partial charge >= 0.3 is 5.97 Å². The minimum Gasteiger partial charge on any atom is -0.481 e. The molecule has 96 valence electrons. The van der Waals surface area contributed by atoms with E-state index >= 15 is 0 Å². The van der Waals surface area contributed by atoms with E-state index in [-0.39, 0.29) is 18.9 Å². The summed E-state index contributed by atoms with van der Waals surface area (Å²) in [5.41, 5.74) is 2.46. The van der Waals surface area contributed by atoms with Crippen molar-refractivity contribution in [3.05, 3.63) is 23.8 Å². The third-order valence-corrected chi connectivity index (χ3v) is 2.68. The Morgan fingerprint density at radius 3 is 3.00 bits per heavy atom. The van der Waals surface area contributed by atoms with Gasteiger partial charge in [-0.25, -0.2) is 0 Å². The number of aliphatic carboxylic acids is 1. The first-order valence-electron chi connectivity index (χ1n) is 5.61. The lowest BCUT2D eigenvalue weighted by atomic mass is 10.1. The number of anilines is 2. The van der Waals surface area contributed by atoms with E-state index in [1.807, 2.05) is 6.07 Å². The van der Waals surface area contributed by atoms with Crippen LogP contribution in [0.5, 0.6) is 0 Å². The number of benzene rings is 1. The fourth-order valence-electron chi connectivity index (χ4n) is 1.85. The molecule has 0 radical (unpaired) electrons. The smallest absolute Gasteiger partial charge is 0.306 e. The van der Waals surface area contributed by atoms with Crippen molar-refractivity contribution in [1.82, 2.24) is 0 Å². The molecule has 1 heterocycles. The van der Waals surface area contributed by atoms with Crippen molar-refractivity contribution >= 4 is 23.3 Å². The summed E-state index contributed by atoms with van der Waals surface area (Å²) in [5.74, 6) is -1.07. The zero-order valence-electron chi connectivity index (χ0n) is 9.64. The number of hydrogen-bond acceptors (Lipinski definition) is 4. The largest absolute Gasteiger partial charge is 0.481 e. The van der Waals surface area contributed by atoms with Crippen LogP contribution in [0.25, 0.3) is 0 Å². The van der Waals surface area contributed by atoms with Crippen LogP contribution in [0.3, 0.4) is 0 Å². The highest BCUT2D eigenvalue weighted by Crippen LogP contribution is 2.25. The summed E-state index contributed by atoms with van der Waals surface area (Å²) < 4.78 is 0. The summed E-state index contributed by atoms with van der Waals surface area (Å²) >= 11 is 0. The second-order valence-corrected chi connectivity index (χ2v) is 4.23. The van der Waals surface area contributed by atoms with E-state index in [9.17, 15) is 14.7 Å². The summed E-state index contributed by atoms with van der Waals surface area (Å²) in [5, 5.41) is 23.6. The third kappa shape index (κ3) is 2.98. The van der Waals surface area contributed by atoms with Gasteiger partial charge in [0.2, 0.25) is 5.91 Å². The monoisotopic (exact) mass is 250 g/mol. The normalized spacial score (nSPS) is 14.8. The van der Waals surface area contributed by atoms with E-state index < -0.39 is 12.1 Å². The van der Waals surface area contributed by atoms with Crippen LogP contribution in [-0.2, 0) is 16.0 Å². The zero-order valence-corrected chi connectivity index (χ0v) is 9.64. The van der Waals surface area contributed by atoms with Crippen LogP contribution < -0.4 is 10.6 Å². The topological polar surface area (TPSA) is 98.7 Å². The molecule has 1 amide bonds. The molecule has 0 spiro atoms. The Bertz CT molecular complexity index is 487. The van der Waals surface area contributed by atoms with Crippen molar-refractivity contribution in [2.45, 2.75) is 18.9 Å². The van der Waals surface area contributed by atoms with Crippen molar-refractivity contribution in [1.29, 1.82) is 0 Å². The summed E-state index contributed by atoms with van der Waals surface area (Å²) in [7, 11) is 0. The SMILES string of the molecule is O=C(O)CC(O)CNc1ccc2c(c1)CC(=O)N2. The van der Waals surface area contributed by atoms with Gasteiger partial charge in [-0.2, -0.15) is 0 Å². The first kappa shape index (κ1) is 12.4. The van der Waals surface area contributed by atoms with E-state index in [0.29, 0.717) is 6.42 Å². The molecule has 4 N–H and O–H groups in total. The highest BCUT2D eigenvalue weighted by atomic mass is 16.4. The predicted molar refractivity (Wildman–Crippen MR) is 65.5 cm³/mol. The van der Waals surface area contributed by atoms with Crippen LogP contribution in [-0.4, -0.2) is 34.7 Å². The quantitative estimate of drug-likeness (QED) is 0.607. The molecule has 1 aromatic rings. The molecule has 1 unspecified atom stereocenters. The van der Waals surface area contributed by atoms with E-state index in [1.165, 1.54) is 0 Å². The minimum absolute atomic E-state index is 0.0342. The first-order valence-corrected chi connectivity index (χ1v) is 5.61. The molecule has 0 aromatic heterocycles. The Labute approximate surface area is 104 Å². The van der Waals surface area contributed by atoms with Gasteiger partial charge in [-0.05, 0) is 23.8 Å². The van der Waals surface area contributed by atoms with Gasteiger partial charge in [0, 0.05) is 17.9 Å². The first-order chi connectivity index (χ1) is 8.54. The molecule has 0 saturated carbocycles. The van der Waals surface area contributed by atoms with Gasteiger partial charge in [-0.3, -0.25) is 9.59 Å². The van der Waals surface area contributed by atoms with Crippen molar-refractivity contribution in [3.63, 3.8) is 0 Å². The maximum atomic E-state index is 11.2. The number of rotatable bonds is 5. The Balaban J connectivity index is 1.93. The Morgan fingerprint density at radius 2 is 2.28 bits per heavy atom. The molecule has 1 atom stereocenters. The molecule has 6 heteroatoms. The zero-order chi connectivity index (χ0) is 13.1. The van der Waals surface area contributed by atoms with Crippen molar-refractivity contribution < 1.29 is 19.8 Å². The molecule has 0 bridgehead atoms. The van der Waals surface area contributed by atoms with Gasteiger partial charge in [-0.15, -0.1) is 0 Å². The van der Waals surface area contributed by atoms with Gasteiger partial charge in [0.25, 0.3) is 0 Å². The van der Waals surface area contributed by atoms with Crippen molar-refractivity contribution in [2.75, 3.05) is 17.2 Å². The second kappa shape index (κ2) is 5.05. The molecular formula is C12H14N2O4. The van der Waals surface area contributed by atoms with Crippen LogP contribution in [0.15, 0.2) is 18.2 Å². The van der Waals surface area contributed by atoms with Crippen LogP contribution in [0.2, 0.25) is 0 Å². The third-order valence-electron chi connectivity index (χ3n) is 2.68. The molecule has 1 aliphatic heterocycles. The molecule has 0 aliphatic carbocycles. The molecule has 2 rings (SSSR count). The van der Waals surface area contributed by atoms with Crippen LogP contribution >= 0.6 is 0 Å². The van der Waals surface area contributed by atoms with Crippen LogP contribution in [0.1, 0.15) is 12.0 Å².